The van der Waals surface area contributed by atoms with E-state index in [2.05, 4.69) is 10.2 Å². The number of phenols is 2. The molecule has 0 spiro atoms. The zero-order valence-corrected chi connectivity index (χ0v) is 10.5. The lowest BCUT2D eigenvalue weighted by molar-refractivity contribution is 0.0974. The number of fused-ring (bicyclic) bond motifs is 3. The van der Waals surface area contributed by atoms with E-state index in [4.69, 9.17) is 0 Å². The summed E-state index contributed by atoms with van der Waals surface area (Å²) in [5.41, 5.74) is 0.111. The SMILES string of the molecule is O=C1c2ccccc2C(=O)c2c1c(O)c1c[nH]nc1c2O. The molecular weight excluding hydrogens is 272 g/mol. The number of aromatic hydroxyl groups is 2. The first-order chi connectivity index (χ1) is 10.1. The lowest BCUT2D eigenvalue weighted by atomic mass is 9.82. The minimum Gasteiger partial charge on any atom is -0.506 e. The van der Waals surface area contributed by atoms with Crippen LogP contribution in [0, 0.1) is 0 Å². The van der Waals surface area contributed by atoms with Crippen LogP contribution in [-0.2, 0) is 0 Å². The van der Waals surface area contributed by atoms with E-state index in [0.29, 0.717) is 0 Å². The van der Waals surface area contributed by atoms with Crippen molar-refractivity contribution in [3.8, 4) is 11.5 Å². The first-order valence-electron chi connectivity index (χ1n) is 6.21. The summed E-state index contributed by atoms with van der Waals surface area (Å²) in [7, 11) is 0. The van der Waals surface area contributed by atoms with Gasteiger partial charge in [0.1, 0.15) is 11.3 Å². The van der Waals surface area contributed by atoms with Crippen LogP contribution in [0.5, 0.6) is 11.5 Å². The van der Waals surface area contributed by atoms with Gasteiger partial charge in [0.2, 0.25) is 0 Å². The predicted octanol–water partition coefficient (Wildman–Crippen LogP) is 1.75. The molecule has 2 aromatic carbocycles. The van der Waals surface area contributed by atoms with Crippen LogP contribution in [-0.4, -0.2) is 32.0 Å². The Morgan fingerprint density at radius 3 is 2.10 bits per heavy atom. The number of hydrogen-bond acceptors (Lipinski definition) is 5. The number of nitrogens with zero attached hydrogens (tertiary/aromatic N) is 1. The summed E-state index contributed by atoms with van der Waals surface area (Å²) in [5.74, 6) is -1.74. The molecule has 1 aromatic heterocycles. The minimum atomic E-state index is -0.502. The fourth-order valence-electron chi connectivity index (χ4n) is 2.73. The summed E-state index contributed by atoms with van der Waals surface area (Å²) in [5, 5.41) is 27.0. The molecule has 0 fully saturated rings. The fraction of sp³-hybridized carbons (Fsp3) is 0. The smallest absolute Gasteiger partial charge is 0.198 e. The number of carbonyl (C=O) groups excluding carboxylic acids is 2. The maximum Gasteiger partial charge on any atom is 0.198 e. The molecule has 0 bridgehead atoms. The molecule has 0 saturated heterocycles. The van der Waals surface area contributed by atoms with Gasteiger partial charge in [0.25, 0.3) is 0 Å². The van der Waals surface area contributed by atoms with Gasteiger partial charge in [-0.25, -0.2) is 0 Å². The van der Waals surface area contributed by atoms with E-state index in [9.17, 15) is 19.8 Å². The van der Waals surface area contributed by atoms with Gasteiger partial charge < -0.3 is 10.2 Å². The minimum absolute atomic E-state index is 0.0618. The van der Waals surface area contributed by atoms with E-state index in [1.807, 2.05) is 0 Å². The fourth-order valence-corrected chi connectivity index (χ4v) is 2.73. The van der Waals surface area contributed by atoms with E-state index in [1.54, 1.807) is 12.1 Å². The molecule has 1 heterocycles. The number of aromatic nitrogens is 2. The molecule has 0 atom stereocenters. The van der Waals surface area contributed by atoms with Gasteiger partial charge in [-0.05, 0) is 0 Å². The molecule has 6 nitrogen and oxygen atoms in total. The molecule has 0 unspecified atom stereocenters. The van der Waals surface area contributed by atoms with Gasteiger partial charge in [0, 0.05) is 17.3 Å². The van der Waals surface area contributed by atoms with Crippen molar-refractivity contribution >= 4 is 22.5 Å². The number of ketones is 2. The number of rotatable bonds is 0. The molecule has 102 valence electrons. The van der Waals surface area contributed by atoms with Gasteiger partial charge in [-0.2, -0.15) is 5.10 Å². The lowest BCUT2D eigenvalue weighted by Crippen LogP contribution is -2.21. The van der Waals surface area contributed by atoms with Crippen molar-refractivity contribution in [3.05, 3.63) is 52.7 Å². The molecule has 3 aromatic rings. The number of phenolic OH excluding ortho intramolecular Hbond substituents is 2. The van der Waals surface area contributed by atoms with Crippen LogP contribution in [0.3, 0.4) is 0 Å². The maximum absolute atomic E-state index is 12.5. The van der Waals surface area contributed by atoms with Gasteiger partial charge in [-0.3, -0.25) is 14.7 Å². The molecule has 4 rings (SSSR count). The first kappa shape index (κ1) is 11.7. The second-order valence-corrected chi connectivity index (χ2v) is 4.80. The maximum atomic E-state index is 12.5. The molecule has 6 heteroatoms. The van der Waals surface area contributed by atoms with E-state index in [1.165, 1.54) is 18.3 Å². The Hall–Kier alpha value is -3.15. The van der Waals surface area contributed by atoms with Gasteiger partial charge >= 0.3 is 0 Å². The zero-order valence-electron chi connectivity index (χ0n) is 10.5. The van der Waals surface area contributed by atoms with Crippen molar-refractivity contribution < 1.29 is 19.8 Å². The molecule has 3 N–H and O–H groups in total. The van der Waals surface area contributed by atoms with Crippen molar-refractivity contribution in [1.29, 1.82) is 0 Å². The molecule has 0 amide bonds. The van der Waals surface area contributed by atoms with Crippen LogP contribution >= 0.6 is 0 Å². The third-order valence-corrected chi connectivity index (χ3v) is 3.71. The number of hydrogen-bond donors (Lipinski definition) is 3. The Bertz CT molecular complexity index is 881. The van der Waals surface area contributed by atoms with Crippen molar-refractivity contribution in [1.82, 2.24) is 10.2 Å². The second-order valence-electron chi connectivity index (χ2n) is 4.80. The average Bonchev–Trinajstić information content (AvgIpc) is 2.98. The summed E-state index contributed by atoms with van der Waals surface area (Å²) >= 11 is 0. The highest BCUT2D eigenvalue weighted by Crippen LogP contribution is 2.43. The number of benzene rings is 2. The molecule has 0 aliphatic heterocycles. The first-order valence-corrected chi connectivity index (χ1v) is 6.21. The van der Waals surface area contributed by atoms with E-state index in [-0.39, 0.29) is 38.9 Å². The van der Waals surface area contributed by atoms with Crippen molar-refractivity contribution in [3.63, 3.8) is 0 Å². The Morgan fingerprint density at radius 2 is 1.48 bits per heavy atom. The number of H-pyrrole nitrogens is 1. The number of nitrogens with one attached hydrogen (secondary N) is 1. The van der Waals surface area contributed by atoms with Crippen molar-refractivity contribution in [2.45, 2.75) is 0 Å². The quantitative estimate of drug-likeness (QED) is 0.426. The molecule has 0 radical (unpaired) electrons. The third kappa shape index (κ3) is 1.28. The van der Waals surface area contributed by atoms with Gasteiger partial charge in [0.15, 0.2) is 17.3 Å². The Balaban J connectivity index is 2.20. The van der Waals surface area contributed by atoms with Crippen LogP contribution in [0.25, 0.3) is 10.9 Å². The largest absolute Gasteiger partial charge is 0.506 e. The topological polar surface area (TPSA) is 103 Å². The summed E-state index contributed by atoms with van der Waals surface area (Å²) in [6, 6.07) is 6.32. The van der Waals surface area contributed by atoms with Gasteiger partial charge in [-0.15, -0.1) is 0 Å². The van der Waals surface area contributed by atoms with E-state index in [0.717, 1.165) is 0 Å². The Kier molecular flexibility index (Phi) is 2.05. The normalized spacial score (nSPS) is 13.3. The van der Waals surface area contributed by atoms with Crippen molar-refractivity contribution in [2.24, 2.45) is 0 Å². The van der Waals surface area contributed by atoms with E-state index >= 15 is 0 Å². The van der Waals surface area contributed by atoms with Crippen LogP contribution in [0.2, 0.25) is 0 Å². The molecule has 21 heavy (non-hydrogen) atoms. The summed E-state index contributed by atoms with van der Waals surface area (Å²) in [4.78, 5) is 25.1. The molecule has 1 aliphatic carbocycles. The highest BCUT2D eigenvalue weighted by atomic mass is 16.3. The summed E-state index contributed by atoms with van der Waals surface area (Å²) in [6.45, 7) is 0. The van der Waals surface area contributed by atoms with E-state index < -0.39 is 17.3 Å². The standard InChI is InChI=1S/C15H8N2O4/c18-12-6-3-1-2-4-7(6)13(19)10-9(12)14(20)8-5-16-17-11(8)15(10)21/h1-5,20-21H,(H,16,17). The molecule has 1 aliphatic rings. The molecule has 0 saturated carbocycles. The second kappa shape index (κ2) is 3.69. The molecular formula is C15H8N2O4. The van der Waals surface area contributed by atoms with Gasteiger partial charge in [0.05, 0.1) is 16.5 Å². The highest BCUT2D eigenvalue weighted by Gasteiger charge is 2.36. The predicted molar refractivity (Wildman–Crippen MR) is 72.7 cm³/mol. The number of aromatic amines is 1. The number of carbonyl (C=O) groups is 2. The Morgan fingerprint density at radius 1 is 0.905 bits per heavy atom. The monoisotopic (exact) mass is 280 g/mol. The van der Waals surface area contributed by atoms with Gasteiger partial charge in [-0.1, -0.05) is 24.3 Å². The van der Waals surface area contributed by atoms with Crippen LogP contribution in [0.1, 0.15) is 31.8 Å². The third-order valence-electron chi connectivity index (χ3n) is 3.71. The van der Waals surface area contributed by atoms with Crippen LogP contribution < -0.4 is 0 Å². The van der Waals surface area contributed by atoms with Crippen molar-refractivity contribution in [2.75, 3.05) is 0 Å². The van der Waals surface area contributed by atoms with Crippen LogP contribution in [0.15, 0.2) is 30.5 Å². The van der Waals surface area contributed by atoms with Crippen LogP contribution in [0.4, 0.5) is 0 Å². The summed E-state index contributed by atoms with van der Waals surface area (Å²) in [6.07, 6.45) is 1.36. The average molecular weight is 280 g/mol. The lowest BCUT2D eigenvalue weighted by Gasteiger charge is -2.19. The Labute approximate surface area is 117 Å². The summed E-state index contributed by atoms with van der Waals surface area (Å²) < 4.78 is 0. The zero-order chi connectivity index (χ0) is 14.7. The highest BCUT2D eigenvalue weighted by molar-refractivity contribution is 6.32.